The fourth-order valence-corrected chi connectivity index (χ4v) is 5.48. The van der Waals surface area contributed by atoms with Crippen LogP contribution in [0.2, 0.25) is 0 Å². The van der Waals surface area contributed by atoms with Crippen molar-refractivity contribution in [3.8, 4) is 5.69 Å². The Kier molecular flexibility index (Phi) is 7.72. The van der Waals surface area contributed by atoms with Crippen molar-refractivity contribution in [2.45, 2.75) is 11.4 Å². The van der Waals surface area contributed by atoms with E-state index in [2.05, 4.69) is 15.6 Å². The number of piperazine rings is 1. The zero-order valence-corrected chi connectivity index (χ0v) is 21.1. The van der Waals surface area contributed by atoms with Gasteiger partial charge in [-0.15, -0.1) is 5.10 Å². The molecule has 0 unspecified atom stereocenters. The number of hydrogen-bond acceptors (Lipinski definition) is 8. The van der Waals surface area contributed by atoms with E-state index in [0.29, 0.717) is 10.6 Å². The van der Waals surface area contributed by atoms with Gasteiger partial charge in [-0.2, -0.15) is 4.31 Å². The van der Waals surface area contributed by atoms with E-state index in [1.165, 1.54) is 36.2 Å². The van der Waals surface area contributed by atoms with Gasteiger partial charge < -0.3 is 10.1 Å². The number of rotatable bonds is 7. The number of nitro groups is 1. The number of ether oxygens (including phenoxy) is 1. The maximum absolute atomic E-state index is 15.0. The molecule has 0 amide bonds. The molecule has 1 aliphatic heterocycles. The van der Waals surface area contributed by atoms with Gasteiger partial charge in [0.25, 0.3) is 10.9 Å². The SMILES string of the molecule is COC(=S)NCc1cn(-c2cc(F)c([NH+]3CCN(S(=O)(=O)c4cccc([N+](=O)[O-])c4)CC3)c(F)c2)nn1. The van der Waals surface area contributed by atoms with Crippen molar-refractivity contribution < 1.29 is 31.8 Å². The summed E-state index contributed by atoms with van der Waals surface area (Å²) in [5.74, 6) is -1.62. The molecule has 3 aromatic rings. The number of nitro benzene ring substituents is 1. The van der Waals surface area contributed by atoms with Crippen molar-refractivity contribution in [1.82, 2.24) is 24.6 Å². The Hall–Kier alpha value is -3.60. The number of aromatic nitrogens is 3. The van der Waals surface area contributed by atoms with Crippen molar-refractivity contribution in [2.24, 2.45) is 0 Å². The predicted octanol–water partition coefficient (Wildman–Crippen LogP) is 0.696. The molecule has 2 heterocycles. The topological polar surface area (TPSA) is 137 Å². The van der Waals surface area contributed by atoms with Crippen molar-refractivity contribution in [2.75, 3.05) is 33.3 Å². The van der Waals surface area contributed by atoms with Gasteiger partial charge in [0.05, 0.1) is 61.5 Å². The second-order valence-corrected chi connectivity index (χ2v) is 10.4. The summed E-state index contributed by atoms with van der Waals surface area (Å²) in [4.78, 5) is 10.6. The minimum Gasteiger partial charge on any atom is -0.474 e. The first kappa shape index (κ1) is 26.5. The minimum absolute atomic E-state index is 0.0240. The van der Waals surface area contributed by atoms with E-state index in [0.717, 1.165) is 22.5 Å². The van der Waals surface area contributed by atoms with Gasteiger partial charge in [-0.1, -0.05) is 11.3 Å². The number of quaternary nitrogens is 1. The molecular weight excluding hydrogens is 532 g/mol. The highest BCUT2D eigenvalue weighted by Gasteiger charge is 2.34. The largest absolute Gasteiger partial charge is 0.474 e. The van der Waals surface area contributed by atoms with Crippen molar-refractivity contribution in [3.63, 3.8) is 0 Å². The van der Waals surface area contributed by atoms with Crippen LogP contribution in [-0.2, 0) is 21.3 Å². The molecule has 1 saturated heterocycles. The third-order valence-electron chi connectivity index (χ3n) is 5.78. The van der Waals surface area contributed by atoms with Crippen LogP contribution >= 0.6 is 12.2 Å². The van der Waals surface area contributed by atoms with Gasteiger partial charge in [0.1, 0.15) is 5.69 Å². The molecule has 0 atom stereocenters. The van der Waals surface area contributed by atoms with E-state index in [1.807, 2.05) is 0 Å². The third kappa shape index (κ3) is 5.71. The number of sulfonamides is 1. The molecule has 0 aliphatic carbocycles. The van der Waals surface area contributed by atoms with Crippen LogP contribution in [0.3, 0.4) is 0 Å². The Morgan fingerprint density at radius 1 is 1.24 bits per heavy atom. The number of nitrogens with zero attached hydrogens (tertiary/aromatic N) is 5. The predicted molar refractivity (Wildman–Crippen MR) is 130 cm³/mol. The van der Waals surface area contributed by atoms with Crippen LogP contribution in [0.5, 0.6) is 0 Å². The average Bonchev–Trinajstić information content (AvgIpc) is 3.36. The molecule has 12 nitrogen and oxygen atoms in total. The number of non-ortho nitro benzene ring substituents is 1. The van der Waals surface area contributed by atoms with Crippen molar-refractivity contribution >= 4 is 38.8 Å². The summed E-state index contributed by atoms with van der Waals surface area (Å²) < 4.78 is 63.2. The lowest BCUT2D eigenvalue weighted by molar-refractivity contribution is -0.839. The molecule has 37 heavy (non-hydrogen) atoms. The van der Waals surface area contributed by atoms with Gasteiger partial charge in [0.15, 0.2) is 11.6 Å². The molecule has 0 spiro atoms. The van der Waals surface area contributed by atoms with E-state index < -0.39 is 26.6 Å². The number of thiocarbonyl (C=S) groups is 1. The molecule has 1 fully saturated rings. The molecule has 0 saturated carbocycles. The molecule has 16 heteroatoms. The summed E-state index contributed by atoms with van der Waals surface area (Å²) in [5, 5.41) is 21.8. The lowest BCUT2D eigenvalue weighted by atomic mass is 10.2. The van der Waals surface area contributed by atoms with Gasteiger partial charge in [0.2, 0.25) is 15.7 Å². The van der Waals surface area contributed by atoms with Crippen LogP contribution in [0.25, 0.3) is 5.69 Å². The Morgan fingerprint density at radius 3 is 2.54 bits per heavy atom. The highest BCUT2D eigenvalue weighted by molar-refractivity contribution is 7.89. The fourth-order valence-electron chi connectivity index (χ4n) is 3.92. The van der Waals surface area contributed by atoms with Gasteiger partial charge in [-0.05, 0) is 18.3 Å². The molecule has 1 aliphatic rings. The van der Waals surface area contributed by atoms with Crippen LogP contribution in [0.15, 0.2) is 47.5 Å². The number of hydrogen-bond donors (Lipinski definition) is 2. The maximum Gasteiger partial charge on any atom is 0.270 e. The summed E-state index contributed by atoms with van der Waals surface area (Å²) in [7, 11) is -2.59. The third-order valence-corrected chi connectivity index (χ3v) is 7.98. The molecule has 2 N–H and O–H groups in total. The highest BCUT2D eigenvalue weighted by atomic mass is 32.2. The van der Waals surface area contributed by atoms with E-state index in [9.17, 15) is 18.5 Å². The smallest absolute Gasteiger partial charge is 0.270 e. The summed E-state index contributed by atoms with van der Waals surface area (Å²) >= 11 is 4.88. The number of nitrogens with one attached hydrogen (secondary N) is 2. The molecule has 196 valence electrons. The molecule has 2 aromatic carbocycles. The quantitative estimate of drug-likeness (QED) is 0.246. The summed E-state index contributed by atoms with van der Waals surface area (Å²) in [5.41, 5.74) is 0.0430. The summed E-state index contributed by atoms with van der Waals surface area (Å²) in [6, 6.07) is 7.01. The Labute approximate surface area is 215 Å². The Bertz CT molecular complexity index is 1420. The standard InChI is InChI=1S/C21H21F2N7O5S2/c1-35-21(36)24-12-14-13-29(26-25-14)16-10-18(22)20(19(23)11-16)27-5-7-28(8-6-27)37(33,34)17-4-2-3-15(9-17)30(31)32/h2-4,9-11,13H,5-8,12H2,1H3,(H,24,36)/p+1. The normalized spacial score (nSPS) is 14.9. The van der Waals surface area contributed by atoms with Crippen molar-refractivity contribution in [1.29, 1.82) is 0 Å². The highest BCUT2D eigenvalue weighted by Crippen LogP contribution is 2.23. The second-order valence-electron chi connectivity index (χ2n) is 8.05. The first-order chi connectivity index (χ1) is 17.6. The van der Waals surface area contributed by atoms with Crippen LogP contribution in [-0.4, -0.2) is 71.1 Å². The molecule has 4 rings (SSSR count). The van der Waals surface area contributed by atoms with E-state index in [-0.39, 0.29) is 59.9 Å². The monoisotopic (exact) mass is 554 g/mol. The molecule has 0 radical (unpaired) electrons. The first-order valence-electron chi connectivity index (χ1n) is 10.9. The van der Waals surface area contributed by atoms with Gasteiger partial charge in [-0.25, -0.2) is 21.9 Å². The van der Waals surface area contributed by atoms with E-state index in [1.54, 1.807) is 0 Å². The van der Waals surface area contributed by atoms with Crippen LogP contribution in [0, 0.1) is 21.7 Å². The molecular formula is C21H22F2N7O5S2+. The minimum atomic E-state index is -4.01. The fraction of sp³-hybridized carbons (Fsp3) is 0.286. The zero-order valence-electron chi connectivity index (χ0n) is 19.4. The van der Waals surface area contributed by atoms with Crippen LogP contribution in [0.4, 0.5) is 20.2 Å². The lowest BCUT2D eigenvalue weighted by Crippen LogP contribution is -3.10. The zero-order chi connectivity index (χ0) is 26.7. The number of halogens is 2. The number of benzene rings is 2. The van der Waals surface area contributed by atoms with Gasteiger partial charge in [-0.3, -0.25) is 15.0 Å². The summed E-state index contributed by atoms with van der Waals surface area (Å²) in [6.07, 6.45) is 1.49. The Balaban J connectivity index is 1.46. The van der Waals surface area contributed by atoms with Crippen LogP contribution < -0.4 is 10.2 Å². The average molecular weight is 555 g/mol. The molecule has 1 aromatic heterocycles. The first-order valence-corrected chi connectivity index (χ1v) is 12.8. The van der Waals surface area contributed by atoms with E-state index in [4.69, 9.17) is 17.0 Å². The van der Waals surface area contributed by atoms with Crippen molar-refractivity contribution in [3.05, 3.63) is 70.0 Å². The second kappa shape index (κ2) is 10.8. The maximum atomic E-state index is 15.0. The Morgan fingerprint density at radius 2 is 1.92 bits per heavy atom. The number of methoxy groups -OCH3 is 1. The lowest BCUT2D eigenvalue weighted by Gasteiger charge is -2.31. The van der Waals surface area contributed by atoms with Crippen LogP contribution in [0.1, 0.15) is 5.69 Å². The molecule has 0 bridgehead atoms. The van der Waals surface area contributed by atoms with Gasteiger partial charge >= 0.3 is 0 Å². The van der Waals surface area contributed by atoms with Gasteiger partial charge in [0, 0.05) is 24.3 Å². The summed E-state index contributed by atoms with van der Waals surface area (Å²) in [6.45, 7) is 0.358. The van der Waals surface area contributed by atoms with E-state index >= 15 is 8.78 Å².